The lowest BCUT2D eigenvalue weighted by Gasteiger charge is -2.09. The van der Waals surface area contributed by atoms with E-state index in [9.17, 15) is 14.9 Å². The Balaban J connectivity index is 2.57. The number of aromatic nitrogens is 2. The number of rotatable bonds is 5. The number of carboxylic acid groups (broad SMARTS) is 1. The Kier molecular flexibility index (Phi) is 4.02. The molecular weight excluding hydrogens is 274 g/mol. The first-order valence-electron chi connectivity index (χ1n) is 6.44. The molecule has 0 unspecified atom stereocenters. The second-order valence-corrected chi connectivity index (χ2v) is 4.94. The SMILES string of the molecule is CC(C)c1c([N+](=O)[O-])c(C(=O)O)nn1Cc1ccccc1. The molecule has 0 saturated heterocycles. The van der Waals surface area contributed by atoms with Gasteiger partial charge in [-0.25, -0.2) is 4.79 Å². The van der Waals surface area contributed by atoms with Crippen LogP contribution in [-0.4, -0.2) is 25.8 Å². The predicted molar refractivity (Wildman–Crippen MR) is 75.5 cm³/mol. The fourth-order valence-electron chi connectivity index (χ4n) is 2.24. The summed E-state index contributed by atoms with van der Waals surface area (Å²) in [5.41, 5.74) is 0.281. The third-order valence-corrected chi connectivity index (χ3v) is 3.07. The van der Waals surface area contributed by atoms with Crippen LogP contribution >= 0.6 is 0 Å². The number of carbonyl (C=O) groups is 1. The minimum Gasteiger partial charge on any atom is -0.476 e. The van der Waals surface area contributed by atoms with Crippen LogP contribution in [0.3, 0.4) is 0 Å². The van der Waals surface area contributed by atoms with Crippen molar-refractivity contribution >= 4 is 11.7 Å². The van der Waals surface area contributed by atoms with E-state index in [4.69, 9.17) is 5.11 Å². The number of hydrogen-bond donors (Lipinski definition) is 1. The maximum Gasteiger partial charge on any atom is 0.363 e. The van der Waals surface area contributed by atoms with Crippen molar-refractivity contribution in [1.29, 1.82) is 0 Å². The molecule has 2 aromatic rings. The summed E-state index contributed by atoms with van der Waals surface area (Å²) in [6.07, 6.45) is 0. The highest BCUT2D eigenvalue weighted by Crippen LogP contribution is 2.30. The third kappa shape index (κ3) is 2.91. The lowest BCUT2D eigenvalue weighted by molar-refractivity contribution is -0.386. The Bertz CT molecular complexity index is 677. The molecule has 1 aromatic carbocycles. The summed E-state index contributed by atoms with van der Waals surface area (Å²) in [7, 11) is 0. The van der Waals surface area contributed by atoms with Gasteiger partial charge in [-0.3, -0.25) is 14.8 Å². The second kappa shape index (κ2) is 5.74. The van der Waals surface area contributed by atoms with Crippen molar-refractivity contribution in [3.8, 4) is 0 Å². The van der Waals surface area contributed by atoms with Gasteiger partial charge in [0.15, 0.2) is 0 Å². The molecule has 0 radical (unpaired) electrons. The highest BCUT2D eigenvalue weighted by Gasteiger charge is 2.33. The summed E-state index contributed by atoms with van der Waals surface area (Å²) in [5, 5.41) is 24.2. The van der Waals surface area contributed by atoms with Crippen LogP contribution < -0.4 is 0 Å². The summed E-state index contributed by atoms with van der Waals surface area (Å²) in [5.74, 6) is -1.61. The van der Waals surface area contributed by atoms with Crippen LogP contribution in [0.25, 0.3) is 0 Å². The number of nitro groups is 1. The highest BCUT2D eigenvalue weighted by molar-refractivity contribution is 5.90. The normalized spacial score (nSPS) is 10.8. The molecule has 0 aliphatic rings. The van der Waals surface area contributed by atoms with Gasteiger partial charge in [-0.1, -0.05) is 44.2 Å². The molecule has 2 rings (SSSR count). The molecule has 1 aromatic heterocycles. The average Bonchev–Trinajstić information content (AvgIpc) is 2.79. The van der Waals surface area contributed by atoms with E-state index in [0.717, 1.165) is 5.56 Å². The first kappa shape index (κ1) is 14.7. The Morgan fingerprint density at radius 2 is 2.00 bits per heavy atom. The molecule has 1 heterocycles. The minimum absolute atomic E-state index is 0.213. The van der Waals surface area contributed by atoms with Crippen molar-refractivity contribution in [2.24, 2.45) is 0 Å². The van der Waals surface area contributed by atoms with Gasteiger partial charge in [-0.15, -0.1) is 0 Å². The molecule has 0 aliphatic heterocycles. The minimum atomic E-state index is -1.39. The molecule has 0 bridgehead atoms. The molecule has 7 nitrogen and oxygen atoms in total. The van der Waals surface area contributed by atoms with Gasteiger partial charge < -0.3 is 5.11 Å². The molecule has 0 saturated carbocycles. The van der Waals surface area contributed by atoms with Gasteiger partial charge in [-0.2, -0.15) is 5.10 Å². The zero-order valence-corrected chi connectivity index (χ0v) is 11.7. The van der Waals surface area contributed by atoms with Crippen LogP contribution in [0.1, 0.15) is 41.5 Å². The van der Waals surface area contributed by atoms with Gasteiger partial charge >= 0.3 is 11.7 Å². The van der Waals surface area contributed by atoms with E-state index < -0.39 is 22.3 Å². The van der Waals surface area contributed by atoms with Crippen molar-refractivity contribution in [1.82, 2.24) is 9.78 Å². The molecule has 0 aliphatic carbocycles. The molecule has 110 valence electrons. The quantitative estimate of drug-likeness (QED) is 0.674. The summed E-state index contributed by atoms with van der Waals surface area (Å²) >= 11 is 0. The zero-order chi connectivity index (χ0) is 15.6. The number of aromatic carboxylic acids is 1. The van der Waals surface area contributed by atoms with E-state index in [1.54, 1.807) is 13.8 Å². The van der Waals surface area contributed by atoms with Gasteiger partial charge in [0.25, 0.3) is 0 Å². The molecule has 1 N–H and O–H groups in total. The van der Waals surface area contributed by atoms with Crippen molar-refractivity contribution < 1.29 is 14.8 Å². The van der Waals surface area contributed by atoms with Crippen molar-refractivity contribution in [3.63, 3.8) is 0 Å². The van der Waals surface area contributed by atoms with Crippen LogP contribution in [0.15, 0.2) is 30.3 Å². The van der Waals surface area contributed by atoms with Gasteiger partial charge in [0, 0.05) is 5.92 Å². The fourth-order valence-corrected chi connectivity index (χ4v) is 2.24. The van der Waals surface area contributed by atoms with Crippen molar-refractivity contribution in [2.45, 2.75) is 26.3 Å². The third-order valence-electron chi connectivity index (χ3n) is 3.07. The predicted octanol–water partition coefficient (Wildman–Crippen LogP) is 2.66. The van der Waals surface area contributed by atoms with Gasteiger partial charge in [0.1, 0.15) is 5.69 Å². The topological polar surface area (TPSA) is 98.3 Å². The van der Waals surface area contributed by atoms with Crippen LogP contribution in [-0.2, 0) is 6.54 Å². The van der Waals surface area contributed by atoms with Crippen LogP contribution in [0.4, 0.5) is 5.69 Å². The van der Waals surface area contributed by atoms with Gasteiger partial charge in [0.2, 0.25) is 5.69 Å². The number of nitrogens with zero attached hydrogens (tertiary/aromatic N) is 3. The number of benzene rings is 1. The van der Waals surface area contributed by atoms with E-state index >= 15 is 0 Å². The maximum absolute atomic E-state index is 11.2. The van der Waals surface area contributed by atoms with Gasteiger partial charge in [0.05, 0.1) is 11.5 Å². The van der Waals surface area contributed by atoms with Gasteiger partial charge in [-0.05, 0) is 5.56 Å². The van der Waals surface area contributed by atoms with E-state index in [1.807, 2.05) is 30.3 Å². The van der Waals surface area contributed by atoms with Crippen molar-refractivity contribution in [3.05, 3.63) is 57.4 Å². The first-order valence-corrected chi connectivity index (χ1v) is 6.44. The fraction of sp³-hybridized carbons (Fsp3) is 0.286. The number of carboxylic acids is 1. The highest BCUT2D eigenvalue weighted by atomic mass is 16.6. The summed E-state index contributed by atoms with van der Waals surface area (Å²) in [6, 6.07) is 9.28. The molecule has 0 fully saturated rings. The van der Waals surface area contributed by atoms with E-state index in [-0.39, 0.29) is 5.92 Å². The Labute approximate surface area is 121 Å². The van der Waals surface area contributed by atoms with E-state index in [2.05, 4.69) is 5.10 Å². The van der Waals surface area contributed by atoms with Crippen molar-refractivity contribution in [2.75, 3.05) is 0 Å². The standard InChI is InChI=1S/C14H15N3O4/c1-9(2)12-13(17(20)21)11(14(18)19)15-16(12)8-10-6-4-3-5-7-10/h3-7,9H,8H2,1-2H3,(H,18,19). The Morgan fingerprint density at radius 1 is 1.38 bits per heavy atom. The smallest absolute Gasteiger partial charge is 0.363 e. The summed E-state index contributed by atoms with van der Waals surface area (Å²) in [4.78, 5) is 21.7. The second-order valence-electron chi connectivity index (χ2n) is 4.94. The van der Waals surface area contributed by atoms with E-state index in [1.165, 1.54) is 4.68 Å². The molecule has 21 heavy (non-hydrogen) atoms. The van der Waals surface area contributed by atoms with E-state index in [0.29, 0.717) is 12.2 Å². The Morgan fingerprint density at radius 3 is 2.48 bits per heavy atom. The molecule has 0 atom stereocenters. The lowest BCUT2D eigenvalue weighted by Crippen LogP contribution is -2.08. The molecule has 0 amide bonds. The first-order chi connectivity index (χ1) is 9.91. The maximum atomic E-state index is 11.2. The molecule has 7 heteroatoms. The Hall–Kier alpha value is -2.70. The lowest BCUT2D eigenvalue weighted by atomic mass is 10.1. The largest absolute Gasteiger partial charge is 0.476 e. The van der Waals surface area contributed by atoms with Crippen LogP contribution in [0.2, 0.25) is 0 Å². The zero-order valence-electron chi connectivity index (χ0n) is 11.7. The van der Waals surface area contributed by atoms with Crippen LogP contribution in [0, 0.1) is 10.1 Å². The average molecular weight is 289 g/mol. The molecular formula is C14H15N3O4. The summed E-state index contributed by atoms with van der Waals surface area (Å²) < 4.78 is 1.40. The molecule has 0 spiro atoms. The number of hydrogen-bond acceptors (Lipinski definition) is 4. The summed E-state index contributed by atoms with van der Waals surface area (Å²) in [6.45, 7) is 3.84. The van der Waals surface area contributed by atoms with Crippen LogP contribution in [0.5, 0.6) is 0 Å². The monoisotopic (exact) mass is 289 g/mol.